The summed E-state index contributed by atoms with van der Waals surface area (Å²) >= 11 is 0. The predicted octanol–water partition coefficient (Wildman–Crippen LogP) is 3.49. The molecule has 1 heterocycles. The van der Waals surface area contributed by atoms with Crippen molar-refractivity contribution >= 4 is 5.78 Å². The molecule has 0 unspecified atom stereocenters. The number of carbonyl (C=O) groups excluding carboxylic acids is 1. The number of hydrogen-bond donors (Lipinski definition) is 0. The van der Waals surface area contributed by atoms with E-state index in [-0.39, 0.29) is 17.8 Å². The fourth-order valence-electron chi connectivity index (χ4n) is 3.90. The lowest BCUT2D eigenvalue weighted by atomic mass is 9.86. The van der Waals surface area contributed by atoms with Crippen LogP contribution in [-0.4, -0.2) is 29.3 Å². The third-order valence-corrected chi connectivity index (χ3v) is 5.04. The predicted molar refractivity (Wildman–Crippen MR) is 77.1 cm³/mol. The van der Waals surface area contributed by atoms with Gasteiger partial charge in [0, 0.05) is 6.42 Å². The van der Waals surface area contributed by atoms with Crippen LogP contribution in [0.5, 0.6) is 0 Å². The highest BCUT2D eigenvalue weighted by Gasteiger charge is 2.46. The summed E-state index contributed by atoms with van der Waals surface area (Å²) in [7, 11) is 0. The molecule has 0 N–H and O–H groups in total. The maximum Gasteiger partial charge on any atom is 0.162 e. The number of halogens is 2. The molecule has 3 rings (SSSR count). The highest BCUT2D eigenvalue weighted by molar-refractivity contribution is 5.90. The van der Waals surface area contributed by atoms with Gasteiger partial charge in [0.25, 0.3) is 0 Å². The van der Waals surface area contributed by atoms with E-state index in [9.17, 15) is 13.6 Å². The zero-order valence-corrected chi connectivity index (χ0v) is 12.2. The normalized spacial score (nSPS) is 21.8. The number of nitrogens with zero attached hydrogens (tertiary/aromatic N) is 1. The van der Waals surface area contributed by atoms with E-state index in [1.807, 2.05) is 0 Å². The van der Waals surface area contributed by atoms with Crippen molar-refractivity contribution in [2.45, 2.75) is 50.5 Å². The van der Waals surface area contributed by atoms with E-state index in [2.05, 4.69) is 4.90 Å². The molecule has 2 fully saturated rings. The lowest BCUT2D eigenvalue weighted by Gasteiger charge is -2.37. The topological polar surface area (TPSA) is 20.3 Å². The van der Waals surface area contributed by atoms with E-state index in [0.717, 1.165) is 57.7 Å². The van der Waals surface area contributed by atoms with Crippen molar-refractivity contribution in [2.24, 2.45) is 0 Å². The summed E-state index contributed by atoms with van der Waals surface area (Å²) in [5.74, 6) is -1.69. The average Bonchev–Trinajstić information content (AvgIpc) is 3.14. The van der Waals surface area contributed by atoms with E-state index in [1.165, 1.54) is 12.1 Å². The first-order valence-electron chi connectivity index (χ1n) is 7.85. The van der Waals surface area contributed by atoms with Crippen LogP contribution in [0.15, 0.2) is 18.2 Å². The molecule has 0 bridgehead atoms. The van der Waals surface area contributed by atoms with E-state index in [4.69, 9.17) is 0 Å². The SMILES string of the molecule is O=C(Cc1cccc(F)c1F)C1(N2CCCC2)CCCC1. The molecule has 114 valence electrons. The van der Waals surface area contributed by atoms with E-state index < -0.39 is 17.2 Å². The third kappa shape index (κ3) is 2.61. The van der Waals surface area contributed by atoms with Gasteiger partial charge in [0.15, 0.2) is 17.4 Å². The van der Waals surface area contributed by atoms with Gasteiger partial charge in [-0.3, -0.25) is 9.69 Å². The van der Waals surface area contributed by atoms with Gasteiger partial charge in [0.05, 0.1) is 5.54 Å². The second-order valence-electron chi connectivity index (χ2n) is 6.25. The maximum absolute atomic E-state index is 13.8. The molecule has 1 saturated heterocycles. The molecule has 1 aromatic carbocycles. The van der Waals surface area contributed by atoms with Crippen molar-refractivity contribution in [1.29, 1.82) is 0 Å². The molecule has 2 aliphatic rings. The summed E-state index contributed by atoms with van der Waals surface area (Å²) in [6, 6.07) is 4.08. The second-order valence-corrected chi connectivity index (χ2v) is 6.25. The molecule has 0 atom stereocenters. The molecule has 1 saturated carbocycles. The number of ketones is 1. The minimum atomic E-state index is -0.875. The van der Waals surface area contributed by atoms with Crippen molar-refractivity contribution in [3.05, 3.63) is 35.4 Å². The summed E-state index contributed by atoms with van der Waals surface area (Å²) in [6.07, 6.45) is 6.08. The molecule has 1 aromatic rings. The largest absolute Gasteiger partial charge is 0.297 e. The lowest BCUT2D eigenvalue weighted by molar-refractivity contribution is -0.129. The summed E-state index contributed by atoms with van der Waals surface area (Å²) in [5.41, 5.74) is -0.236. The van der Waals surface area contributed by atoms with Gasteiger partial charge in [-0.05, 0) is 50.4 Å². The fourth-order valence-corrected chi connectivity index (χ4v) is 3.90. The Balaban J connectivity index is 1.83. The first-order chi connectivity index (χ1) is 10.1. The number of Topliss-reactive ketones (excluding diaryl/α,β-unsaturated/α-hetero) is 1. The molecular weight excluding hydrogens is 272 g/mol. The molecule has 2 nitrogen and oxygen atoms in total. The van der Waals surface area contributed by atoms with E-state index in [1.54, 1.807) is 0 Å². The van der Waals surface area contributed by atoms with Crippen molar-refractivity contribution in [3.8, 4) is 0 Å². The van der Waals surface area contributed by atoms with Crippen molar-refractivity contribution in [3.63, 3.8) is 0 Å². The van der Waals surface area contributed by atoms with Gasteiger partial charge in [-0.1, -0.05) is 25.0 Å². The van der Waals surface area contributed by atoms with Crippen molar-refractivity contribution < 1.29 is 13.6 Å². The number of carbonyl (C=O) groups is 1. The number of rotatable bonds is 4. The van der Waals surface area contributed by atoms with Gasteiger partial charge in [0.1, 0.15) is 0 Å². The molecule has 0 spiro atoms. The number of benzene rings is 1. The Morgan fingerprint density at radius 3 is 2.43 bits per heavy atom. The Morgan fingerprint density at radius 1 is 1.10 bits per heavy atom. The highest BCUT2D eigenvalue weighted by Crippen LogP contribution is 2.39. The Bertz CT molecular complexity index is 532. The minimum absolute atomic E-state index is 0.0000926. The van der Waals surface area contributed by atoms with Crippen LogP contribution >= 0.6 is 0 Å². The fraction of sp³-hybridized carbons (Fsp3) is 0.588. The van der Waals surface area contributed by atoms with Crippen LogP contribution in [0.3, 0.4) is 0 Å². The lowest BCUT2D eigenvalue weighted by Crippen LogP contribution is -2.52. The van der Waals surface area contributed by atoms with Crippen molar-refractivity contribution in [2.75, 3.05) is 13.1 Å². The monoisotopic (exact) mass is 293 g/mol. The van der Waals surface area contributed by atoms with Gasteiger partial charge in [-0.2, -0.15) is 0 Å². The molecule has 21 heavy (non-hydrogen) atoms. The van der Waals surface area contributed by atoms with Gasteiger partial charge in [0.2, 0.25) is 0 Å². The first kappa shape index (κ1) is 14.6. The van der Waals surface area contributed by atoms with Crippen LogP contribution in [0, 0.1) is 11.6 Å². The summed E-state index contributed by atoms with van der Waals surface area (Å²) in [6.45, 7) is 1.91. The van der Waals surface area contributed by atoms with Gasteiger partial charge >= 0.3 is 0 Å². The van der Waals surface area contributed by atoms with Crippen LogP contribution in [0.1, 0.15) is 44.1 Å². The first-order valence-corrected chi connectivity index (χ1v) is 7.85. The van der Waals surface area contributed by atoms with Crippen LogP contribution in [-0.2, 0) is 11.2 Å². The van der Waals surface area contributed by atoms with Crippen LogP contribution < -0.4 is 0 Å². The summed E-state index contributed by atoms with van der Waals surface area (Å²) in [5, 5.41) is 0. The second kappa shape index (κ2) is 5.84. The molecule has 0 radical (unpaired) electrons. The number of hydrogen-bond acceptors (Lipinski definition) is 2. The third-order valence-electron chi connectivity index (χ3n) is 5.04. The van der Waals surface area contributed by atoms with E-state index >= 15 is 0 Å². The summed E-state index contributed by atoms with van der Waals surface area (Å²) < 4.78 is 27.1. The zero-order chi connectivity index (χ0) is 14.9. The van der Waals surface area contributed by atoms with Gasteiger partial charge in [-0.15, -0.1) is 0 Å². The Kier molecular flexibility index (Phi) is 4.07. The average molecular weight is 293 g/mol. The quantitative estimate of drug-likeness (QED) is 0.847. The standard InChI is InChI=1S/C17H21F2NO/c18-14-7-5-6-13(16(14)19)12-15(21)17(8-1-2-9-17)20-10-3-4-11-20/h5-7H,1-4,8-12H2. The van der Waals surface area contributed by atoms with Gasteiger partial charge < -0.3 is 0 Å². The molecule has 1 aliphatic carbocycles. The smallest absolute Gasteiger partial charge is 0.162 e. The molecule has 1 aliphatic heterocycles. The van der Waals surface area contributed by atoms with Crippen LogP contribution in [0.4, 0.5) is 8.78 Å². The molecular formula is C17H21F2NO. The summed E-state index contributed by atoms with van der Waals surface area (Å²) in [4.78, 5) is 15.1. The Labute approximate surface area is 124 Å². The van der Waals surface area contributed by atoms with Crippen LogP contribution in [0.2, 0.25) is 0 Å². The maximum atomic E-state index is 13.8. The highest BCUT2D eigenvalue weighted by atomic mass is 19.2. The van der Waals surface area contributed by atoms with Crippen LogP contribution in [0.25, 0.3) is 0 Å². The Morgan fingerprint density at radius 2 is 1.76 bits per heavy atom. The zero-order valence-electron chi connectivity index (χ0n) is 12.2. The minimum Gasteiger partial charge on any atom is -0.297 e. The number of likely N-dealkylation sites (tertiary alicyclic amines) is 1. The Hall–Kier alpha value is -1.29. The molecule has 0 aromatic heterocycles. The van der Waals surface area contributed by atoms with E-state index in [0.29, 0.717) is 0 Å². The van der Waals surface area contributed by atoms with Gasteiger partial charge in [-0.25, -0.2) is 8.78 Å². The molecule has 0 amide bonds. The molecule has 4 heteroatoms. The van der Waals surface area contributed by atoms with Crippen molar-refractivity contribution in [1.82, 2.24) is 4.90 Å².